The summed E-state index contributed by atoms with van der Waals surface area (Å²) in [4.78, 5) is 13.3. The van der Waals surface area contributed by atoms with Crippen LogP contribution in [0.4, 0.5) is 26.3 Å². The number of amides is 1. The Labute approximate surface area is 299 Å². The van der Waals surface area contributed by atoms with Gasteiger partial charge in [0.1, 0.15) is 0 Å². The fraction of sp³-hybridized carbons (Fsp3) is 0.103. The smallest absolute Gasteiger partial charge is 0.366 e. The van der Waals surface area contributed by atoms with Crippen molar-refractivity contribution in [3.63, 3.8) is 0 Å². The van der Waals surface area contributed by atoms with Crippen molar-refractivity contribution in [3.8, 4) is 11.1 Å². The molecule has 0 unspecified atom stereocenters. The molecular formula is C39H26BrF6NOS2. The molecule has 0 radical (unpaired) electrons. The third kappa shape index (κ3) is 8.29. The Morgan fingerprint density at radius 2 is 1.08 bits per heavy atom. The Kier molecular flexibility index (Phi) is 10.2. The van der Waals surface area contributed by atoms with E-state index in [0.29, 0.717) is 29.5 Å². The summed E-state index contributed by atoms with van der Waals surface area (Å²) < 4.78 is 80.3. The summed E-state index contributed by atoms with van der Waals surface area (Å²) in [6.07, 6.45) is -7.70. The first-order valence-corrected chi connectivity index (χ1v) is 17.6. The molecule has 11 heteroatoms. The number of carbonyl (C=O) groups excluding carboxylic acids is 1. The molecule has 0 aliphatic carbocycles. The van der Waals surface area contributed by atoms with Gasteiger partial charge in [-0.05, 0) is 91.4 Å². The van der Waals surface area contributed by atoms with Crippen LogP contribution in [-0.2, 0) is 25.2 Å². The number of nitrogens with two attached hydrogens (primary N) is 1. The topological polar surface area (TPSA) is 43.1 Å². The van der Waals surface area contributed by atoms with Gasteiger partial charge in [0.25, 0.3) is 0 Å². The molecule has 0 spiro atoms. The fourth-order valence-corrected chi connectivity index (χ4v) is 8.48. The number of fused-ring (bicyclic) bond motifs is 2. The number of hydrogen-bond donors (Lipinski definition) is 1. The van der Waals surface area contributed by atoms with Crippen molar-refractivity contribution in [2.45, 2.75) is 25.2 Å². The average Bonchev–Trinajstić information content (AvgIpc) is 3.68. The van der Waals surface area contributed by atoms with Crippen LogP contribution in [0, 0.1) is 0 Å². The van der Waals surface area contributed by atoms with E-state index in [1.807, 2.05) is 60.7 Å². The van der Waals surface area contributed by atoms with Crippen molar-refractivity contribution >= 4 is 64.7 Å². The molecule has 5 aromatic carbocycles. The standard InChI is InChI=1S/C23H16F3NOS.C16H10BrF3S/c24-23(25,26)18-5-1-3-14(11-18)12-19-13-17-4-2-6-20(21(17)29-19)15-7-9-16(10-8-15)22(27)28;17-14-6-2-4-11-9-13(21-15(11)14)8-10-3-1-5-12(7-10)16(18,19)20/h1-11,13H,12H2,(H2,27,28);1-7,9H,8H2. The summed E-state index contributed by atoms with van der Waals surface area (Å²) in [5.41, 5.74) is 7.78. The lowest BCUT2D eigenvalue weighted by atomic mass is 10.0. The Morgan fingerprint density at radius 1 is 0.600 bits per heavy atom. The van der Waals surface area contributed by atoms with Crippen LogP contribution in [0.2, 0.25) is 0 Å². The zero-order chi connectivity index (χ0) is 35.6. The molecule has 2 nitrogen and oxygen atoms in total. The maximum atomic E-state index is 13.0. The van der Waals surface area contributed by atoms with E-state index in [1.54, 1.807) is 46.9 Å². The molecule has 0 atom stereocenters. The van der Waals surface area contributed by atoms with Crippen molar-refractivity contribution in [3.05, 3.63) is 163 Å². The minimum absolute atomic E-state index is 0.434. The lowest BCUT2D eigenvalue weighted by Gasteiger charge is -2.08. The van der Waals surface area contributed by atoms with Gasteiger partial charge in [0.05, 0.1) is 11.1 Å². The van der Waals surface area contributed by atoms with Crippen LogP contribution in [0.15, 0.2) is 126 Å². The highest BCUT2D eigenvalue weighted by Crippen LogP contribution is 2.37. The second-order valence-electron chi connectivity index (χ2n) is 11.5. The van der Waals surface area contributed by atoms with E-state index in [9.17, 15) is 31.1 Å². The fourth-order valence-electron chi connectivity index (χ4n) is 5.53. The van der Waals surface area contributed by atoms with Crippen LogP contribution in [0.1, 0.15) is 42.4 Å². The number of alkyl halides is 6. The number of thiophene rings is 2. The van der Waals surface area contributed by atoms with Crippen LogP contribution < -0.4 is 5.73 Å². The van der Waals surface area contributed by atoms with Gasteiger partial charge in [-0.3, -0.25) is 4.79 Å². The predicted octanol–water partition coefficient (Wildman–Crippen LogP) is 12.6. The highest BCUT2D eigenvalue weighted by molar-refractivity contribution is 9.10. The molecule has 2 aromatic heterocycles. The summed E-state index contributed by atoms with van der Waals surface area (Å²) in [6, 6.07) is 33.9. The van der Waals surface area contributed by atoms with Crippen LogP contribution in [0.25, 0.3) is 31.3 Å². The summed E-state index contributed by atoms with van der Waals surface area (Å²) >= 11 is 6.66. The van der Waals surface area contributed by atoms with Gasteiger partial charge >= 0.3 is 12.4 Å². The minimum Gasteiger partial charge on any atom is -0.366 e. The molecular weight excluding hydrogens is 756 g/mol. The average molecular weight is 783 g/mol. The molecule has 7 rings (SSSR count). The number of hydrogen-bond acceptors (Lipinski definition) is 3. The number of rotatable bonds is 6. The van der Waals surface area contributed by atoms with Crippen LogP contribution in [-0.4, -0.2) is 5.91 Å². The molecule has 254 valence electrons. The number of benzene rings is 5. The van der Waals surface area contributed by atoms with Gasteiger partial charge in [-0.2, -0.15) is 26.3 Å². The molecule has 0 bridgehead atoms. The molecule has 0 saturated heterocycles. The van der Waals surface area contributed by atoms with Crippen LogP contribution in [0.3, 0.4) is 0 Å². The Hall–Kier alpha value is -4.45. The third-order valence-electron chi connectivity index (χ3n) is 7.89. The van der Waals surface area contributed by atoms with Gasteiger partial charge in [-0.25, -0.2) is 0 Å². The van der Waals surface area contributed by atoms with Gasteiger partial charge in [-0.1, -0.05) is 78.9 Å². The molecule has 2 heterocycles. The van der Waals surface area contributed by atoms with Gasteiger partial charge in [-0.15, -0.1) is 22.7 Å². The maximum absolute atomic E-state index is 13.0. The van der Waals surface area contributed by atoms with Gasteiger partial charge < -0.3 is 5.73 Å². The van der Waals surface area contributed by atoms with E-state index >= 15 is 0 Å². The SMILES string of the molecule is FC(F)(F)c1cccc(Cc2cc3cccc(Br)c3s2)c1.NC(=O)c1ccc(-c2cccc3cc(Cc4cccc(C(F)(F)F)c4)sc23)cc1. The van der Waals surface area contributed by atoms with Crippen molar-refractivity contribution in [1.82, 2.24) is 0 Å². The van der Waals surface area contributed by atoms with Crippen molar-refractivity contribution in [2.75, 3.05) is 0 Å². The largest absolute Gasteiger partial charge is 0.416 e. The Bertz CT molecular complexity index is 2310. The molecule has 0 aliphatic rings. The molecule has 1 amide bonds. The summed E-state index contributed by atoms with van der Waals surface area (Å²) in [5.74, 6) is -0.478. The number of halogens is 7. The van der Waals surface area contributed by atoms with Crippen LogP contribution in [0.5, 0.6) is 0 Å². The number of primary amides is 1. The summed E-state index contributed by atoms with van der Waals surface area (Å²) in [7, 11) is 0. The first kappa shape index (κ1) is 35.4. The van der Waals surface area contributed by atoms with E-state index in [1.165, 1.54) is 24.3 Å². The second kappa shape index (κ2) is 14.4. The zero-order valence-electron chi connectivity index (χ0n) is 25.9. The first-order chi connectivity index (χ1) is 23.7. The van der Waals surface area contributed by atoms with E-state index in [0.717, 1.165) is 57.7 Å². The molecule has 0 saturated carbocycles. The minimum atomic E-state index is -4.35. The third-order valence-corrected chi connectivity index (χ3v) is 11.2. The van der Waals surface area contributed by atoms with Crippen molar-refractivity contribution in [2.24, 2.45) is 5.73 Å². The lowest BCUT2D eigenvalue weighted by molar-refractivity contribution is -0.138. The normalized spacial score (nSPS) is 11.8. The number of carbonyl (C=O) groups is 1. The van der Waals surface area contributed by atoms with Gasteiger partial charge in [0, 0.05) is 42.0 Å². The lowest BCUT2D eigenvalue weighted by Crippen LogP contribution is -2.10. The van der Waals surface area contributed by atoms with Crippen LogP contribution >= 0.6 is 38.6 Å². The highest BCUT2D eigenvalue weighted by Gasteiger charge is 2.31. The second-order valence-corrected chi connectivity index (χ2v) is 14.6. The summed E-state index contributed by atoms with van der Waals surface area (Å²) in [5, 5.41) is 2.14. The molecule has 50 heavy (non-hydrogen) atoms. The summed E-state index contributed by atoms with van der Waals surface area (Å²) in [6.45, 7) is 0. The Morgan fingerprint density at radius 3 is 1.58 bits per heavy atom. The quantitative estimate of drug-likeness (QED) is 0.168. The molecule has 7 aromatic rings. The molecule has 2 N–H and O–H groups in total. The zero-order valence-corrected chi connectivity index (χ0v) is 29.1. The van der Waals surface area contributed by atoms with Gasteiger partial charge in [0.15, 0.2) is 0 Å². The van der Waals surface area contributed by atoms with Gasteiger partial charge in [0.2, 0.25) is 5.91 Å². The van der Waals surface area contributed by atoms with E-state index in [2.05, 4.69) is 15.9 Å². The highest BCUT2D eigenvalue weighted by atomic mass is 79.9. The predicted molar refractivity (Wildman–Crippen MR) is 194 cm³/mol. The van der Waals surface area contributed by atoms with Crippen molar-refractivity contribution in [1.29, 1.82) is 0 Å². The van der Waals surface area contributed by atoms with E-state index < -0.39 is 29.4 Å². The maximum Gasteiger partial charge on any atom is 0.416 e. The van der Waals surface area contributed by atoms with E-state index in [-0.39, 0.29) is 0 Å². The van der Waals surface area contributed by atoms with Crippen molar-refractivity contribution < 1.29 is 31.1 Å². The first-order valence-electron chi connectivity index (χ1n) is 15.2. The Balaban J connectivity index is 0.000000182. The van der Waals surface area contributed by atoms with E-state index in [4.69, 9.17) is 5.73 Å². The molecule has 0 fully saturated rings. The monoisotopic (exact) mass is 781 g/mol. The molecule has 0 aliphatic heterocycles.